The maximum Gasteiger partial charge on any atom is 0.0659 e. The fourth-order valence-corrected chi connectivity index (χ4v) is 4.47. The van der Waals surface area contributed by atoms with Crippen LogP contribution in [0.2, 0.25) is 0 Å². The zero-order valence-corrected chi connectivity index (χ0v) is 14.0. The van der Waals surface area contributed by atoms with Gasteiger partial charge in [-0.15, -0.1) is 11.3 Å². The summed E-state index contributed by atoms with van der Waals surface area (Å²) in [4.78, 5) is 1.62. The van der Waals surface area contributed by atoms with E-state index in [0.717, 1.165) is 6.54 Å². The first-order chi connectivity index (χ1) is 7.96. The van der Waals surface area contributed by atoms with Gasteiger partial charge in [0.1, 0.15) is 0 Å². The normalized spacial score (nSPS) is 20.4. The van der Waals surface area contributed by atoms with Crippen LogP contribution in [0.1, 0.15) is 56.5 Å². The van der Waals surface area contributed by atoms with Crippen LogP contribution in [-0.4, -0.2) is 6.54 Å². The van der Waals surface area contributed by atoms with Crippen LogP contribution in [-0.2, 0) is 6.42 Å². The fourth-order valence-electron chi connectivity index (χ4n) is 2.35. The van der Waals surface area contributed by atoms with E-state index in [2.05, 4.69) is 54.7 Å². The minimum Gasteiger partial charge on any atom is -0.310 e. The molecule has 1 N–H and O–H groups in total. The summed E-state index contributed by atoms with van der Waals surface area (Å²) in [5.41, 5.74) is 2.02. The van der Waals surface area contributed by atoms with Crippen LogP contribution < -0.4 is 5.32 Å². The van der Waals surface area contributed by atoms with E-state index in [1.165, 1.54) is 28.6 Å². The summed E-state index contributed by atoms with van der Waals surface area (Å²) in [6.07, 6.45) is 5.20. The molecule has 0 bridgehead atoms. The van der Waals surface area contributed by atoms with Crippen LogP contribution >= 0.6 is 33.9 Å². The van der Waals surface area contributed by atoms with Gasteiger partial charge >= 0.3 is 0 Å². The Morgan fingerprint density at radius 1 is 1.47 bits per heavy atom. The Labute approximate surface area is 123 Å². The second kappa shape index (κ2) is 5.57. The average molecular weight is 363 g/mol. The van der Waals surface area contributed by atoms with Crippen molar-refractivity contribution >= 4 is 33.9 Å². The number of thiophene rings is 1. The SMILES string of the molecule is CC(C)(C)CCNC1CCCc2sc(I)cc21. The number of hydrogen-bond acceptors (Lipinski definition) is 2. The van der Waals surface area contributed by atoms with Gasteiger partial charge < -0.3 is 5.32 Å². The van der Waals surface area contributed by atoms with Crippen molar-refractivity contribution in [3.05, 3.63) is 19.4 Å². The molecule has 1 heterocycles. The van der Waals surface area contributed by atoms with Gasteiger partial charge in [-0.2, -0.15) is 0 Å². The predicted molar refractivity (Wildman–Crippen MR) is 84.8 cm³/mol. The van der Waals surface area contributed by atoms with Crippen LogP contribution in [0.4, 0.5) is 0 Å². The molecule has 96 valence electrons. The van der Waals surface area contributed by atoms with Crippen molar-refractivity contribution in [1.29, 1.82) is 0 Å². The maximum atomic E-state index is 3.75. The van der Waals surface area contributed by atoms with E-state index in [1.54, 1.807) is 10.4 Å². The van der Waals surface area contributed by atoms with E-state index >= 15 is 0 Å². The van der Waals surface area contributed by atoms with Gasteiger partial charge in [0.2, 0.25) is 0 Å². The molecule has 1 aromatic heterocycles. The van der Waals surface area contributed by atoms with Gasteiger partial charge in [0.05, 0.1) is 2.88 Å². The molecule has 1 unspecified atom stereocenters. The molecule has 0 radical (unpaired) electrons. The Balaban J connectivity index is 1.94. The van der Waals surface area contributed by atoms with Gasteiger partial charge in [0, 0.05) is 10.9 Å². The van der Waals surface area contributed by atoms with Gasteiger partial charge in [0.15, 0.2) is 0 Å². The Hall–Kier alpha value is 0.390. The monoisotopic (exact) mass is 363 g/mol. The van der Waals surface area contributed by atoms with E-state index in [9.17, 15) is 0 Å². The largest absolute Gasteiger partial charge is 0.310 e. The molecule has 0 fully saturated rings. The van der Waals surface area contributed by atoms with Crippen LogP contribution in [0.5, 0.6) is 0 Å². The molecule has 0 aliphatic heterocycles. The highest BCUT2D eigenvalue weighted by atomic mass is 127. The Morgan fingerprint density at radius 3 is 2.94 bits per heavy atom. The molecule has 1 aliphatic carbocycles. The first kappa shape index (κ1) is 13.8. The van der Waals surface area contributed by atoms with Crippen LogP contribution in [0.15, 0.2) is 6.07 Å². The topological polar surface area (TPSA) is 12.0 Å². The summed E-state index contributed by atoms with van der Waals surface area (Å²) >= 11 is 4.43. The number of fused-ring (bicyclic) bond motifs is 1. The quantitative estimate of drug-likeness (QED) is 0.764. The van der Waals surface area contributed by atoms with Crippen molar-refractivity contribution < 1.29 is 0 Å². The zero-order valence-electron chi connectivity index (χ0n) is 11.0. The van der Waals surface area contributed by atoms with Gasteiger partial charge in [-0.1, -0.05) is 20.8 Å². The van der Waals surface area contributed by atoms with Crippen LogP contribution in [0.25, 0.3) is 0 Å². The summed E-state index contributed by atoms with van der Waals surface area (Å²) < 4.78 is 1.44. The molecule has 17 heavy (non-hydrogen) atoms. The third kappa shape index (κ3) is 3.93. The molecule has 0 aromatic carbocycles. The molecule has 1 atom stereocenters. The lowest BCUT2D eigenvalue weighted by Crippen LogP contribution is -2.27. The van der Waals surface area contributed by atoms with Crippen molar-refractivity contribution in [1.82, 2.24) is 5.32 Å². The number of hydrogen-bond donors (Lipinski definition) is 1. The van der Waals surface area contributed by atoms with Gasteiger partial charge in [-0.05, 0) is 71.9 Å². The minimum atomic E-state index is 0.438. The third-order valence-corrected chi connectivity index (χ3v) is 5.32. The van der Waals surface area contributed by atoms with Crippen molar-refractivity contribution in [2.24, 2.45) is 5.41 Å². The second-order valence-electron chi connectivity index (χ2n) is 6.14. The molecule has 0 saturated carbocycles. The van der Waals surface area contributed by atoms with Gasteiger partial charge in [-0.3, -0.25) is 0 Å². The molecular formula is C14H22INS. The highest BCUT2D eigenvalue weighted by Crippen LogP contribution is 2.36. The zero-order chi connectivity index (χ0) is 12.5. The molecular weight excluding hydrogens is 341 g/mol. The van der Waals surface area contributed by atoms with E-state index in [1.807, 2.05) is 11.3 Å². The van der Waals surface area contributed by atoms with Crippen molar-refractivity contribution in [3.8, 4) is 0 Å². The van der Waals surface area contributed by atoms with Crippen molar-refractivity contribution in [2.45, 2.75) is 52.5 Å². The predicted octanol–water partition coefficient (Wildman–Crippen LogP) is 4.76. The van der Waals surface area contributed by atoms with E-state index in [-0.39, 0.29) is 0 Å². The summed E-state index contributed by atoms with van der Waals surface area (Å²) in [6.45, 7) is 8.08. The Morgan fingerprint density at radius 2 is 2.24 bits per heavy atom. The highest BCUT2D eigenvalue weighted by molar-refractivity contribution is 14.1. The molecule has 3 heteroatoms. The molecule has 0 spiro atoms. The van der Waals surface area contributed by atoms with E-state index < -0.39 is 0 Å². The lowest BCUT2D eigenvalue weighted by molar-refractivity contribution is 0.346. The average Bonchev–Trinajstić information content (AvgIpc) is 2.57. The lowest BCUT2D eigenvalue weighted by Gasteiger charge is -2.26. The molecule has 1 nitrogen and oxygen atoms in total. The van der Waals surface area contributed by atoms with Crippen LogP contribution in [0.3, 0.4) is 0 Å². The molecule has 0 amide bonds. The standard InChI is InChI=1S/C14H22INS/c1-14(2,3)7-8-16-11-5-4-6-12-10(11)9-13(15)17-12/h9,11,16H,4-8H2,1-3H3. The number of rotatable bonds is 3. The smallest absolute Gasteiger partial charge is 0.0659 e. The highest BCUT2D eigenvalue weighted by Gasteiger charge is 2.22. The first-order valence-corrected chi connectivity index (χ1v) is 8.37. The molecule has 1 aliphatic rings. The summed E-state index contributed by atoms with van der Waals surface area (Å²) in [5.74, 6) is 0. The van der Waals surface area contributed by atoms with Gasteiger partial charge in [0.25, 0.3) is 0 Å². The summed E-state index contributed by atoms with van der Waals surface area (Å²) in [5, 5.41) is 3.75. The van der Waals surface area contributed by atoms with E-state index in [0.29, 0.717) is 11.5 Å². The third-order valence-electron chi connectivity index (χ3n) is 3.35. The van der Waals surface area contributed by atoms with Gasteiger partial charge in [-0.25, -0.2) is 0 Å². The number of aryl methyl sites for hydroxylation is 1. The van der Waals surface area contributed by atoms with E-state index in [4.69, 9.17) is 0 Å². The number of nitrogens with one attached hydrogen (secondary N) is 1. The minimum absolute atomic E-state index is 0.438. The Kier molecular flexibility index (Phi) is 4.53. The second-order valence-corrected chi connectivity index (χ2v) is 9.17. The van der Waals surface area contributed by atoms with Crippen molar-refractivity contribution in [2.75, 3.05) is 6.54 Å². The van der Waals surface area contributed by atoms with Crippen LogP contribution in [0, 0.1) is 8.30 Å². The van der Waals surface area contributed by atoms with Crippen molar-refractivity contribution in [3.63, 3.8) is 0 Å². The molecule has 0 saturated heterocycles. The summed E-state index contributed by atoms with van der Waals surface area (Å²) in [7, 11) is 0. The Bertz CT molecular complexity index is 378. The molecule has 2 rings (SSSR count). The molecule has 1 aromatic rings. The maximum absolute atomic E-state index is 3.75. The lowest BCUT2D eigenvalue weighted by atomic mass is 9.91. The summed E-state index contributed by atoms with van der Waals surface area (Å²) in [6, 6.07) is 3.00. The first-order valence-electron chi connectivity index (χ1n) is 6.47. The fraction of sp³-hybridized carbons (Fsp3) is 0.714. The number of halogens is 1.